The highest BCUT2D eigenvalue weighted by Gasteiger charge is 2.63. The van der Waals surface area contributed by atoms with Gasteiger partial charge in [0.25, 0.3) is 0 Å². The van der Waals surface area contributed by atoms with E-state index < -0.39 is 64.4 Å². The van der Waals surface area contributed by atoms with Crippen LogP contribution >= 0.6 is 0 Å². The molecule has 0 saturated heterocycles. The first-order valence-electron chi connectivity index (χ1n) is 12.2. The van der Waals surface area contributed by atoms with Crippen molar-refractivity contribution in [3.8, 4) is 5.75 Å². The maximum absolute atomic E-state index is 13.5. The molecule has 5 rings (SSSR count). The fourth-order valence-electron chi connectivity index (χ4n) is 6.07. The number of phenols is 1. The minimum atomic E-state index is -4.47. The van der Waals surface area contributed by atoms with Crippen LogP contribution in [-0.2, 0) is 27.0 Å². The van der Waals surface area contributed by atoms with Crippen LogP contribution in [0, 0.1) is 17.8 Å². The van der Waals surface area contributed by atoms with Crippen LogP contribution < -0.4 is 5.73 Å². The molecule has 0 aliphatic heterocycles. The summed E-state index contributed by atoms with van der Waals surface area (Å²) in [5.41, 5.74) is 2.91. The fraction of sp³-hybridized carbons (Fsp3) is 0.321. The topological polar surface area (TPSA) is 158 Å². The van der Waals surface area contributed by atoms with E-state index in [1.807, 2.05) is 0 Å². The smallest absolute Gasteiger partial charge is 0.416 e. The van der Waals surface area contributed by atoms with E-state index in [1.54, 1.807) is 18.2 Å². The first-order valence-corrected chi connectivity index (χ1v) is 12.2. The number of amides is 1. The van der Waals surface area contributed by atoms with Gasteiger partial charge >= 0.3 is 6.18 Å². The number of carbonyl (C=O) groups is 3. The Morgan fingerprint density at radius 2 is 1.69 bits per heavy atom. The molecule has 2 unspecified atom stereocenters. The zero-order valence-corrected chi connectivity index (χ0v) is 20.3. The maximum atomic E-state index is 13.5. The van der Waals surface area contributed by atoms with Crippen molar-refractivity contribution in [2.75, 3.05) is 0 Å². The van der Waals surface area contributed by atoms with E-state index in [1.165, 1.54) is 18.2 Å². The van der Waals surface area contributed by atoms with E-state index in [9.17, 15) is 48.0 Å². The molecule has 0 aromatic heterocycles. The fourth-order valence-corrected chi connectivity index (χ4v) is 6.07. The standard InChI is InChI=1S/C28H24F3NO7/c29-28(30,31)15-6-2-12(3-7-15)1-4-13-5-8-18(33)21-17(13)10-14-9-16-11-19(34)22(26(32)38)25(37)27(16,39)24(36)20(14)23(21)35/h1-8,14,16,19,22,33-35,39H,9-11H2,(H2,32,38)/b4-1+/t14-,16+,19?,22?,27+/m1/s1. The Labute approximate surface area is 219 Å². The van der Waals surface area contributed by atoms with E-state index in [2.05, 4.69) is 0 Å². The van der Waals surface area contributed by atoms with Crippen LogP contribution in [0.3, 0.4) is 0 Å². The number of aliphatic hydroxyl groups excluding tert-OH is 2. The maximum Gasteiger partial charge on any atom is 0.416 e. The zero-order valence-electron chi connectivity index (χ0n) is 20.3. The van der Waals surface area contributed by atoms with Crippen molar-refractivity contribution in [2.24, 2.45) is 23.5 Å². The molecule has 39 heavy (non-hydrogen) atoms. The number of nitrogens with two attached hydrogens (primary N) is 1. The molecule has 2 aromatic carbocycles. The first kappa shape index (κ1) is 26.6. The molecule has 0 radical (unpaired) electrons. The van der Waals surface area contributed by atoms with Crippen LogP contribution in [0.25, 0.3) is 17.9 Å². The highest BCUT2D eigenvalue weighted by atomic mass is 19.4. The second-order valence-electron chi connectivity index (χ2n) is 10.2. The van der Waals surface area contributed by atoms with Gasteiger partial charge in [-0.1, -0.05) is 30.4 Å². The molecule has 5 atom stereocenters. The molecule has 0 heterocycles. The number of halogens is 3. The summed E-state index contributed by atoms with van der Waals surface area (Å²) in [5, 5.41) is 43.3. The van der Waals surface area contributed by atoms with Crippen molar-refractivity contribution >= 4 is 35.4 Å². The van der Waals surface area contributed by atoms with Crippen molar-refractivity contribution in [1.82, 2.24) is 0 Å². The summed E-state index contributed by atoms with van der Waals surface area (Å²) in [6, 6.07) is 7.33. The molecule has 2 saturated carbocycles. The number of benzene rings is 2. The summed E-state index contributed by atoms with van der Waals surface area (Å²) in [6.07, 6.45) is -2.87. The van der Waals surface area contributed by atoms with Gasteiger partial charge in [0.1, 0.15) is 17.4 Å². The number of phenolic OH excluding ortho intramolecular Hbond substituents is 1. The van der Waals surface area contributed by atoms with Gasteiger partial charge in [0, 0.05) is 11.5 Å². The van der Waals surface area contributed by atoms with Crippen LogP contribution in [0.2, 0.25) is 0 Å². The molecule has 2 aromatic rings. The predicted octanol–water partition coefficient (Wildman–Crippen LogP) is 2.78. The Morgan fingerprint density at radius 3 is 2.31 bits per heavy atom. The molecule has 0 spiro atoms. The van der Waals surface area contributed by atoms with E-state index >= 15 is 0 Å². The Kier molecular flexibility index (Phi) is 6.19. The monoisotopic (exact) mass is 543 g/mol. The van der Waals surface area contributed by atoms with Gasteiger partial charge in [-0.2, -0.15) is 13.2 Å². The normalized spacial score (nSPS) is 28.7. The van der Waals surface area contributed by atoms with Gasteiger partial charge in [-0.3, -0.25) is 14.4 Å². The number of alkyl halides is 3. The molecular weight excluding hydrogens is 519 g/mol. The van der Waals surface area contributed by atoms with E-state index in [0.717, 1.165) is 12.1 Å². The number of primary amides is 1. The number of aliphatic hydroxyl groups is 3. The molecule has 0 bridgehead atoms. The molecule has 1 amide bonds. The number of fused-ring (bicyclic) bond motifs is 3. The van der Waals surface area contributed by atoms with Crippen molar-refractivity contribution in [3.05, 3.63) is 69.8 Å². The Bertz CT molecular complexity index is 1460. The summed E-state index contributed by atoms with van der Waals surface area (Å²) in [6.45, 7) is 0. The van der Waals surface area contributed by atoms with Crippen molar-refractivity contribution in [3.63, 3.8) is 0 Å². The molecule has 8 nitrogen and oxygen atoms in total. The summed E-state index contributed by atoms with van der Waals surface area (Å²) in [5.74, 6) is -7.96. The third-order valence-corrected chi connectivity index (χ3v) is 8.00. The minimum Gasteiger partial charge on any atom is -0.507 e. The molecule has 3 aliphatic rings. The molecule has 6 N–H and O–H groups in total. The largest absolute Gasteiger partial charge is 0.507 e. The second-order valence-corrected chi connectivity index (χ2v) is 10.2. The van der Waals surface area contributed by atoms with E-state index in [-0.39, 0.29) is 36.1 Å². The van der Waals surface area contributed by atoms with Gasteiger partial charge in [-0.15, -0.1) is 0 Å². The molecule has 3 aliphatic carbocycles. The summed E-state index contributed by atoms with van der Waals surface area (Å²) >= 11 is 0. The number of hydrogen-bond donors (Lipinski definition) is 5. The van der Waals surface area contributed by atoms with Crippen LogP contribution in [-0.4, -0.2) is 49.6 Å². The third-order valence-electron chi connectivity index (χ3n) is 8.00. The summed E-state index contributed by atoms with van der Waals surface area (Å²) in [7, 11) is 0. The average molecular weight is 543 g/mol. The Hall–Kier alpha value is -3.96. The van der Waals surface area contributed by atoms with Crippen molar-refractivity contribution < 1.29 is 48.0 Å². The first-order chi connectivity index (χ1) is 18.2. The van der Waals surface area contributed by atoms with Crippen LogP contribution in [0.5, 0.6) is 5.75 Å². The third kappa shape index (κ3) is 4.12. The minimum absolute atomic E-state index is 0.0209. The summed E-state index contributed by atoms with van der Waals surface area (Å²) < 4.78 is 38.6. The van der Waals surface area contributed by atoms with Gasteiger partial charge in [0.15, 0.2) is 11.4 Å². The molecule has 11 heteroatoms. The highest BCUT2D eigenvalue weighted by Crippen LogP contribution is 2.51. The number of carbonyl (C=O) groups excluding carboxylic acids is 3. The van der Waals surface area contributed by atoms with Crippen molar-refractivity contribution in [1.29, 1.82) is 0 Å². The van der Waals surface area contributed by atoms with Gasteiger partial charge in [-0.25, -0.2) is 0 Å². The number of hydrogen-bond acceptors (Lipinski definition) is 7. The SMILES string of the molecule is NC(=O)C1C(=O)[C@@]2(O)C(=O)C3=C(O)c4c(O)ccc(/C=C/c5ccc(C(F)(F)F)cc5)c4C[C@H]3C[C@H]2CC1O. The molecule has 204 valence electrons. The summed E-state index contributed by atoms with van der Waals surface area (Å²) in [4.78, 5) is 38.3. The van der Waals surface area contributed by atoms with E-state index in [0.29, 0.717) is 16.7 Å². The molecule has 2 fully saturated rings. The predicted molar refractivity (Wildman–Crippen MR) is 132 cm³/mol. The highest BCUT2D eigenvalue weighted by molar-refractivity contribution is 6.24. The second kappa shape index (κ2) is 9.06. The quantitative estimate of drug-likeness (QED) is 0.294. The number of Topliss-reactive ketones (excluding diaryl/α,β-unsaturated/α-hetero) is 2. The lowest BCUT2D eigenvalue weighted by atomic mass is 9.56. The molecular formula is C28H24F3NO7. The van der Waals surface area contributed by atoms with Crippen molar-refractivity contribution in [2.45, 2.75) is 37.1 Å². The lowest BCUT2D eigenvalue weighted by molar-refractivity contribution is -0.174. The lowest BCUT2D eigenvalue weighted by Crippen LogP contribution is -2.66. The van der Waals surface area contributed by atoms with Crippen LogP contribution in [0.4, 0.5) is 13.2 Å². The van der Waals surface area contributed by atoms with Gasteiger partial charge in [-0.05, 0) is 60.1 Å². The zero-order chi connectivity index (χ0) is 28.4. The van der Waals surface area contributed by atoms with Crippen LogP contribution in [0.15, 0.2) is 42.0 Å². The van der Waals surface area contributed by atoms with E-state index in [4.69, 9.17) is 5.73 Å². The number of aromatic hydroxyl groups is 1. The lowest BCUT2D eigenvalue weighted by Gasteiger charge is -2.48. The number of ketones is 2. The van der Waals surface area contributed by atoms with Gasteiger partial charge < -0.3 is 26.2 Å². The Balaban J connectivity index is 1.54. The Morgan fingerprint density at radius 1 is 1.03 bits per heavy atom. The number of rotatable bonds is 3. The van der Waals surface area contributed by atoms with Gasteiger partial charge in [0.05, 0.1) is 17.2 Å². The van der Waals surface area contributed by atoms with Crippen LogP contribution in [0.1, 0.15) is 40.7 Å². The average Bonchev–Trinajstić information content (AvgIpc) is 2.85. The van der Waals surface area contributed by atoms with Gasteiger partial charge in [0.2, 0.25) is 11.7 Å².